The van der Waals surface area contributed by atoms with Gasteiger partial charge in [0.25, 0.3) is 0 Å². The number of aromatic nitrogens is 2. The molecule has 6 aromatic heterocycles. The fourth-order valence-electron chi connectivity index (χ4n) is 7.65. The first kappa shape index (κ1) is 26.0. The Labute approximate surface area is 272 Å². The molecule has 0 aliphatic carbocycles. The third-order valence-electron chi connectivity index (χ3n) is 9.98. The molecular formula is C42H28N2O4. The molecule has 0 saturated heterocycles. The van der Waals surface area contributed by atoms with Gasteiger partial charge < -0.3 is 26.8 Å². The molecule has 0 saturated carbocycles. The van der Waals surface area contributed by atoms with Gasteiger partial charge in [0.1, 0.15) is 33.3 Å². The Kier molecular flexibility index (Phi) is 4.77. The number of rotatable bonds is 2. The summed E-state index contributed by atoms with van der Waals surface area (Å²) in [7, 11) is 0. The molecule has 6 nitrogen and oxygen atoms in total. The van der Waals surface area contributed by atoms with Gasteiger partial charge in [0.2, 0.25) is 0 Å². The SMILES string of the molecule is Cc1ccc(-n2c3cc(C)ccc3c3oc4c5cc6oc7c8oc9cc(C)ccc9c8n(-c8ccc(C)cc8)c7c6cc5oc4c32)cc1. The number of benzene rings is 5. The van der Waals surface area contributed by atoms with E-state index in [4.69, 9.17) is 17.7 Å². The first-order chi connectivity index (χ1) is 23.4. The van der Waals surface area contributed by atoms with Gasteiger partial charge in [0, 0.05) is 27.5 Å². The number of furan rings is 4. The van der Waals surface area contributed by atoms with Crippen molar-refractivity contribution >= 4 is 88.3 Å². The maximum absolute atomic E-state index is 6.79. The average Bonchev–Trinajstić information content (AvgIpc) is 3.89. The molecule has 0 unspecified atom stereocenters. The summed E-state index contributed by atoms with van der Waals surface area (Å²) in [6, 6.07) is 34.2. The van der Waals surface area contributed by atoms with Crippen LogP contribution in [0, 0.1) is 27.7 Å². The number of nitrogens with zero attached hydrogens (tertiary/aromatic N) is 2. The van der Waals surface area contributed by atoms with Gasteiger partial charge in [-0.15, -0.1) is 0 Å². The second kappa shape index (κ2) is 8.81. The lowest BCUT2D eigenvalue weighted by atomic mass is 10.1. The van der Waals surface area contributed by atoms with E-state index >= 15 is 0 Å². The average molecular weight is 625 g/mol. The Morgan fingerprint density at radius 1 is 0.354 bits per heavy atom. The molecule has 230 valence electrons. The van der Waals surface area contributed by atoms with Crippen molar-refractivity contribution in [3.05, 3.63) is 119 Å². The third-order valence-corrected chi connectivity index (χ3v) is 9.98. The summed E-state index contributed by atoms with van der Waals surface area (Å²) in [5.74, 6) is 0. The van der Waals surface area contributed by atoms with Crippen molar-refractivity contribution in [2.45, 2.75) is 27.7 Å². The molecule has 48 heavy (non-hydrogen) atoms. The Bertz CT molecular complexity index is 3130. The molecule has 0 N–H and O–H groups in total. The minimum atomic E-state index is 0.715. The highest BCUT2D eigenvalue weighted by Gasteiger charge is 2.28. The number of fused-ring (bicyclic) bond motifs is 14. The van der Waals surface area contributed by atoms with Gasteiger partial charge in [-0.05, 0) is 99.5 Å². The summed E-state index contributed by atoms with van der Waals surface area (Å²) in [6.45, 7) is 8.41. The zero-order valence-corrected chi connectivity index (χ0v) is 26.8. The third kappa shape index (κ3) is 3.26. The summed E-state index contributed by atoms with van der Waals surface area (Å²) in [5, 5.41) is 3.93. The van der Waals surface area contributed by atoms with Crippen LogP contribution in [0.2, 0.25) is 0 Å². The van der Waals surface area contributed by atoms with Crippen molar-refractivity contribution in [2.75, 3.05) is 0 Å². The topological polar surface area (TPSA) is 62.4 Å². The molecule has 0 atom stereocenters. The number of hydrogen-bond acceptors (Lipinski definition) is 4. The van der Waals surface area contributed by atoms with Crippen LogP contribution in [-0.4, -0.2) is 9.13 Å². The molecule has 6 heterocycles. The van der Waals surface area contributed by atoms with E-state index in [0.717, 1.165) is 99.6 Å². The Balaban J connectivity index is 1.25. The molecule has 5 aromatic carbocycles. The van der Waals surface area contributed by atoms with E-state index in [9.17, 15) is 0 Å². The van der Waals surface area contributed by atoms with E-state index in [1.165, 1.54) is 16.7 Å². The first-order valence-electron chi connectivity index (χ1n) is 16.2. The lowest BCUT2D eigenvalue weighted by Gasteiger charge is -2.07. The van der Waals surface area contributed by atoms with Gasteiger partial charge >= 0.3 is 0 Å². The van der Waals surface area contributed by atoms with E-state index < -0.39 is 0 Å². The van der Waals surface area contributed by atoms with Gasteiger partial charge in [-0.2, -0.15) is 0 Å². The molecule has 6 heteroatoms. The van der Waals surface area contributed by atoms with Crippen LogP contribution in [0.5, 0.6) is 0 Å². The maximum atomic E-state index is 6.79. The summed E-state index contributed by atoms with van der Waals surface area (Å²) >= 11 is 0. The van der Waals surface area contributed by atoms with E-state index in [2.05, 4.69) is 134 Å². The lowest BCUT2D eigenvalue weighted by Crippen LogP contribution is -1.93. The van der Waals surface area contributed by atoms with Gasteiger partial charge in [-0.3, -0.25) is 0 Å². The Hall–Kier alpha value is -6.14. The number of hydrogen-bond donors (Lipinski definition) is 0. The van der Waals surface area contributed by atoms with Crippen molar-refractivity contribution in [3.8, 4) is 11.4 Å². The van der Waals surface area contributed by atoms with Crippen LogP contribution in [-0.2, 0) is 0 Å². The molecule has 0 bridgehead atoms. The molecule has 0 radical (unpaired) electrons. The molecule has 0 amide bonds. The predicted molar refractivity (Wildman–Crippen MR) is 193 cm³/mol. The van der Waals surface area contributed by atoms with Crippen molar-refractivity contribution < 1.29 is 17.7 Å². The van der Waals surface area contributed by atoms with Crippen molar-refractivity contribution in [3.63, 3.8) is 0 Å². The highest BCUT2D eigenvalue weighted by atomic mass is 16.4. The van der Waals surface area contributed by atoms with Crippen LogP contribution in [0.1, 0.15) is 22.3 Å². The van der Waals surface area contributed by atoms with Gasteiger partial charge in [0.05, 0.1) is 10.9 Å². The van der Waals surface area contributed by atoms with Crippen molar-refractivity contribution in [2.24, 2.45) is 0 Å². The minimum absolute atomic E-state index is 0.715. The quantitative estimate of drug-likeness (QED) is 0.192. The van der Waals surface area contributed by atoms with Crippen LogP contribution in [0.15, 0.2) is 115 Å². The largest absolute Gasteiger partial charge is 0.450 e. The second-order valence-corrected chi connectivity index (χ2v) is 13.3. The molecule has 11 aromatic rings. The van der Waals surface area contributed by atoms with E-state index in [0.29, 0.717) is 5.58 Å². The first-order valence-corrected chi connectivity index (χ1v) is 16.2. The molecule has 0 spiro atoms. The zero-order valence-electron chi connectivity index (χ0n) is 26.8. The highest BCUT2D eigenvalue weighted by molar-refractivity contribution is 6.24. The summed E-state index contributed by atoms with van der Waals surface area (Å²) < 4.78 is 31.3. The van der Waals surface area contributed by atoms with Crippen molar-refractivity contribution in [1.29, 1.82) is 0 Å². The van der Waals surface area contributed by atoms with Crippen molar-refractivity contribution in [1.82, 2.24) is 9.13 Å². The molecule has 11 rings (SSSR count). The van der Waals surface area contributed by atoms with Crippen LogP contribution in [0.25, 0.3) is 99.7 Å². The van der Waals surface area contributed by atoms with Crippen LogP contribution in [0.3, 0.4) is 0 Å². The van der Waals surface area contributed by atoms with E-state index in [-0.39, 0.29) is 0 Å². The van der Waals surface area contributed by atoms with E-state index in [1.54, 1.807) is 0 Å². The smallest absolute Gasteiger partial charge is 0.198 e. The fourth-order valence-corrected chi connectivity index (χ4v) is 7.65. The lowest BCUT2D eigenvalue weighted by molar-refractivity contribution is 0.634. The Morgan fingerprint density at radius 3 is 1.54 bits per heavy atom. The fraction of sp³-hybridized carbons (Fsp3) is 0.0952. The van der Waals surface area contributed by atoms with Crippen LogP contribution >= 0.6 is 0 Å². The Morgan fingerprint density at radius 2 is 0.854 bits per heavy atom. The monoisotopic (exact) mass is 624 g/mol. The summed E-state index contributed by atoms with van der Waals surface area (Å²) in [5.41, 5.74) is 16.9. The molecular weight excluding hydrogens is 596 g/mol. The minimum Gasteiger partial charge on any atom is -0.450 e. The zero-order chi connectivity index (χ0) is 32.0. The van der Waals surface area contributed by atoms with Gasteiger partial charge in [-0.1, -0.05) is 47.5 Å². The van der Waals surface area contributed by atoms with Gasteiger partial charge in [-0.25, -0.2) is 0 Å². The molecule has 0 fully saturated rings. The molecule has 0 aliphatic heterocycles. The second-order valence-electron chi connectivity index (χ2n) is 13.3. The van der Waals surface area contributed by atoms with E-state index in [1.807, 2.05) is 0 Å². The predicted octanol–water partition coefficient (Wildman–Crippen LogP) is 12.1. The van der Waals surface area contributed by atoms with Crippen LogP contribution in [0.4, 0.5) is 0 Å². The standard InChI is InChI=1S/C42H28N2O4/c1-21-5-11-25(12-6-21)43-31-17-23(3)9-15-27(31)38-37(43)42-39(48-38)30-20-33-29(19-34(30)47-42)36-41(46-33)40-35(28-16-10-24(4)18-32(28)45-40)44(36)26-13-7-22(2)8-14-26/h5-20H,1-4H3. The summed E-state index contributed by atoms with van der Waals surface area (Å²) in [4.78, 5) is 0. The maximum Gasteiger partial charge on any atom is 0.198 e. The van der Waals surface area contributed by atoms with Crippen LogP contribution < -0.4 is 0 Å². The summed E-state index contributed by atoms with van der Waals surface area (Å²) in [6.07, 6.45) is 0. The normalized spacial score (nSPS) is 12.6. The molecule has 0 aliphatic rings. The van der Waals surface area contributed by atoms with Gasteiger partial charge in [0.15, 0.2) is 27.9 Å². The number of aryl methyl sites for hydroxylation is 4. The highest BCUT2D eigenvalue weighted by Crippen LogP contribution is 2.47.